The van der Waals surface area contributed by atoms with Crippen molar-refractivity contribution in [2.45, 2.75) is 13.1 Å². The van der Waals surface area contributed by atoms with Crippen molar-refractivity contribution in [2.75, 3.05) is 33.0 Å². The first-order chi connectivity index (χ1) is 13.2. The van der Waals surface area contributed by atoms with Crippen molar-refractivity contribution < 1.29 is 18.8 Å². The molecule has 1 fully saturated rings. The smallest absolute Gasteiger partial charge is 0.231 e. The number of nitrogens with zero attached hydrogens (tertiary/aromatic N) is 1. The van der Waals surface area contributed by atoms with Crippen molar-refractivity contribution in [2.24, 2.45) is 0 Å². The van der Waals surface area contributed by atoms with Gasteiger partial charge in [-0.1, -0.05) is 24.3 Å². The van der Waals surface area contributed by atoms with Crippen molar-refractivity contribution in [3.8, 4) is 11.5 Å². The minimum Gasteiger partial charge on any atom is -0.454 e. The van der Waals surface area contributed by atoms with Crippen LogP contribution >= 0.6 is 12.2 Å². The van der Waals surface area contributed by atoms with E-state index in [2.05, 4.69) is 10.2 Å². The first-order valence-corrected chi connectivity index (χ1v) is 9.58. The Kier molecular flexibility index (Phi) is 5.40. The Morgan fingerprint density at radius 2 is 1.89 bits per heavy atom. The molecule has 2 aromatic rings. The second-order valence-electron chi connectivity index (χ2n) is 6.85. The predicted octanol–water partition coefficient (Wildman–Crippen LogP) is 1.33. The summed E-state index contributed by atoms with van der Waals surface area (Å²) in [5, 5.41) is 4.09. The molecule has 142 valence electrons. The first-order valence-electron chi connectivity index (χ1n) is 9.17. The van der Waals surface area contributed by atoms with Gasteiger partial charge in [0, 0.05) is 12.1 Å². The van der Waals surface area contributed by atoms with E-state index >= 15 is 0 Å². The van der Waals surface area contributed by atoms with Crippen molar-refractivity contribution in [1.29, 1.82) is 0 Å². The number of nitrogens with one attached hydrogen (secondary N) is 2. The van der Waals surface area contributed by atoms with Crippen LogP contribution in [0.3, 0.4) is 0 Å². The van der Waals surface area contributed by atoms with E-state index < -0.39 is 0 Å². The maximum atomic E-state index is 13.8. The lowest BCUT2D eigenvalue weighted by Crippen LogP contribution is -3.13. The maximum absolute atomic E-state index is 13.8. The summed E-state index contributed by atoms with van der Waals surface area (Å²) in [6, 6.07) is 12.9. The van der Waals surface area contributed by atoms with Gasteiger partial charge in [0.25, 0.3) is 0 Å². The topological polar surface area (TPSA) is 38.2 Å². The molecule has 4 rings (SSSR count). The molecular formula is C20H23FN3O2S+. The largest absolute Gasteiger partial charge is 0.454 e. The molecule has 0 spiro atoms. The number of halogens is 1. The third kappa shape index (κ3) is 4.31. The van der Waals surface area contributed by atoms with Gasteiger partial charge in [-0.25, -0.2) is 4.39 Å². The molecule has 2 aliphatic heterocycles. The summed E-state index contributed by atoms with van der Waals surface area (Å²) >= 11 is 5.55. The highest BCUT2D eigenvalue weighted by Crippen LogP contribution is 2.32. The van der Waals surface area contributed by atoms with E-state index in [1.54, 1.807) is 6.07 Å². The quantitative estimate of drug-likeness (QED) is 0.774. The van der Waals surface area contributed by atoms with Gasteiger partial charge in [0.1, 0.15) is 12.4 Å². The summed E-state index contributed by atoms with van der Waals surface area (Å²) in [6.07, 6.45) is 0. The lowest BCUT2D eigenvalue weighted by Gasteiger charge is -2.34. The van der Waals surface area contributed by atoms with Gasteiger partial charge in [0.15, 0.2) is 16.6 Å². The standard InChI is InChI=1S/C20H22FN3O2S/c21-17-4-2-1-3-16(17)13-23-7-9-24(10-8-23)20(27)22-12-15-5-6-18-19(11-15)26-14-25-18/h1-6,11H,7-10,12-14H2,(H,22,27)/p+1. The molecule has 2 heterocycles. The molecule has 0 unspecified atom stereocenters. The number of rotatable bonds is 4. The Labute approximate surface area is 163 Å². The minimum absolute atomic E-state index is 0.117. The monoisotopic (exact) mass is 388 g/mol. The summed E-state index contributed by atoms with van der Waals surface area (Å²) in [4.78, 5) is 3.57. The van der Waals surface area contributed by atoms with Gasteiger partial charge in [0.05, 0.1) is 26.2 Å². The number of benzene rings is 2. The second kappa shape index (κ2) is 8.10. The van der Waals surface area contributed by atoms with E-state index in [0.29, 0.717) is 6.54 Å². The molecule has 0 amide bonds. The third-order valence-corrected chi connectivity index (χ3v) is 5.44. The van der Waals surface area contributed by atoms with Gasteiger partial charge in [-0.3, -0.25) is 0 Å². The Morgan fingerprint density at radius 1 is 1.11 bits per heavy atom. The van der Waals surface area contributed by atoms with Gasteiger partial charge in [-0.15, -0.1) is 0 Å². The molecule has 1 saturated heterocycles. The van der Waals surface area contributed by atoms with Crippen molar-refractivity contribution >= 4 is 17.3 Å². The van der Waals surface area contributed by atoms with E-state index in [1.807, 2.05) is 30.3 Å². The van der Waals surface area contributed by atoms with Crippen LogP contribution in [0.2, 0.25) is 0 Å². The average molecular weight is 388 g/mol. The summed E-state index contributed by atoms with van der Waals surface area (Å²) < 4.78 is 24.6. The molecule has 27 heavy (non-hydrogen) atoms. The van der Waals surface area contributed by atoms with Crippen LogP contribution in [0.4, 0.5) is 4.39 Å². The molecule has 2 aliphatic rings. The summed E-state index contributed by atoms with van der Waals surface area (Å²) in [6.45, 7) is 5.29. The number of hydrogen-bond acceptors (Lipinski definition) is 3. The molecule has 7 heteroatoms. The zero-order valence-electron chi connectivity index (χ0n) is 15.0. The van der Waals surface area contributed by atoms with Crippen LogP contribution in [0.5, 0.6) is 11.5 Å². The molecule has 5 nitrogen and oxygen atoms in total. The summed E-state index contributed by atoms with van der Waals surface area (Å²) in [5.74, 6) is 1.45. The fraction of sp³-hybridized carbons (Fsp3) is 0.350. The zero-order valence-corrected chi connectivity index (χ0v) is 15.9. The Morgan fingerprint density at radius 3 is 2.70 bits per heavy atom. The van der Waals surface area contributed by atoms with Crippen molar-refractivity contribution in [3.05, 3.63) is 59.4 Å². The Hall–Kier alpha value is -2.38. The lowest BCUT2D eigenvalue weighted by molar-refractivity contribution is -0.917. The molecule has 2 N–H and O–H groups in total. The lowest BCUT2D eigenvalue weighted by atomic mass is 10.2. The van der Waals surface area contributed by atoms with Crippen LogP contribution in [0, 0.1) is 5.82 Å². The van der Waals surface area contributed by atoms with Gasteiger partial charge in [-0.05, 0) is 36.0 Å². The average Bonchev–Trinajstić information content (AvgIpc) is 3.16. The minimum atomic E-state index is -0.117. The van der Waals surface area contributed by atoms with Gasteiger partial charge >= 0.3 is 0 Å². The van der Waals surface area contributed by atoms with Crippen LogP contribution in [-0.2, 0) is 13.1 Å². The summed E-state index contributed by atoms with van der Waals surface area (Å²) in [5.41, 5.74) is 1.88. The van der Waals surface area contributed by atoms with Crippen LogP contribution < -0.4 is 19.7 Å². The highest BCUT2D eigenvalue weighted by molar-refractivity contribution is 7.80. The van der Waals surface area contributed by atoms with E-state index in [4.69, 9.17) is 21.7 Å². The predicted molar refractivity (Wildman–Crippen MR) is 104 cm³/mol. The van der Waals surface area contributed by atoms with Crippen LogP contribution in [0.25, 0.3) is 0 Å². The number of thiocarbonyl (C=S) groups is 1. The van der Waals surface area contributed by atoms with E-state index in [9.17, 15) is 4.39 Å². The third-order valence-electron chi connectivity index (χ3n) is 5.04. The SMILES string of the molecule is Fc1ccccc1C[NH+]1CCN(C(=S)NCc2ccc3c(c2)OCO3)CC1. The molecular weight excluding hydrogens is 365 g/mol. The highest BCUT2D eigenvalue weighted by Gasteiger charge is 2.22. The Balaban J connectivity index is 1.24. The normalized spacial score (nSPS) is 16.4. The number of hydrogen-bond donors (Lipinski definition) is 2. The Bertz CT molecular complexity index is 825. The van der Waals surface area contributed by atoms with Crippen LogP contribution in [-0.4, -0.2) is 43.0 Å². The van der Waals surface area contributed by atoms with Crippen LogP contribution in [0.15, 0.2) is 42.5 Å². The highest BCUT2D eigenvalue weighted by atomic mass is 32.1. The van der Waals surface area contributed by atoms with Gasteiger partial charge in [-0.2, -0.15) is 0 Å². The van der Waals surface area contributed by atoms with Crippen molar-refractivity contribution in [1.82, 2.24) is 10.2 Å². The molecule has 0 aliphatic carbocycles. The molecule has 0 radical (unpaired) electrons. The van der Waals surface area contributed by atoms with Gasteiger partial charge < -0.3 is 24.6 Å². The van der Waals surface area contributed by atoms with Crippen molar-refractivity contribution in [3.63, 3.8) is 0 Å². The summed E-state index contributed by atoms with van der Waals surface area (Å²) in [7, 11) is 0. The van der Waals surface area contributed by atoms with E-state index in [-0.39, 0.29) is 12.6 Å². The molecule has 0 atom stereocenters. The fourth-order valence-corrected chi connectivity index (χ4v) is 3.71. The van der Waals surface area contributed by atoms with Crippen LogP contribution in [0.1, 0.15) is 11.1 Å². The van der Waals surface area contributed by atoms with E-state index in [1.165, 1.54) is 11.0 Å². The number of piperazine rings is 1. The number of ether oxygens (including phenoxy) is 2. The van der Waals surface area contributed by atoms with Gasteiger partial charge in [0.2, 0.25) is 6.79 Å². The second-order valence-corrected chi connectivity index (χ2v) is 7.24. The fourth-order valence-electron chi connectivity index (χ4n) is 3.45. The number of quaternary nitrogens is 1. The maximum Gasteiger partial charge on any atom is 0.231 e. The molecule has 2 aromatic carbocycles. The van der Waals surface area contributed by atoms with E-state index in [0.717, 1.165) is 60.5 Å². The first kappa shape index (κ1) is 18.0. The molecule has 0 aromatic heterocycles. The number of fused-ring (bicyclic) bond motifs is 1. The molecule has 0 saturated carbocycles. The molecule has 0 bridgehead atoms. The zero-order chi connectivity index (χ0) is 18.6.